The summed E-state index contributed by atoms with van der Waals surface area (Å²) in [6.45, 7) is 6.32. The first-order chi connectivity index (χ1) is 10.6. The van der Waals surface area contributed by atoms with Gasteiger partial charge in [-0.25, -0.2) is 4.79 Å². The van der Waals surface area contributed by atoms with Gasteiger partial charge in [0, 0.05) is 18.4 Å². The largest absolute Gasteiger partial charge is 0.332 e. The van der Waals surface area contributed by atoms with Gasteiger partial charge in [0.05, 0.1) is 5.69 Å². The Kier molecular flexibility index (Phi) is 4.48. The number of imidazole rings is 1. The quantitative estimate of drug-likeness (QED) is 0.943. The van der Waals surface area contributed by atoms with Crippen LogP contribution in [-0.2, 0) is 6.42 Å². The number of nitrogens with zero attached hydrogens (tertiary/aromatic N) is 2. The standard InChI is InChI=1S/C18H25N3O/c1-14(2)20-10-11-21(18(20)22)17-7-5-15(6-8-17)12-16-4-3-9-19-13-16/h5-8,10-11,14,16,19H,3-4,9,12-13H2,1-2H3. The van der Waals surface area contributed by atoms with Gasteiger partial charge in [-0.3, -0.25) is 9.13 Å². The molecule has 0 radical (unpaired) electrons. The molecule has 3 rings (SSSR count). The molecular weight excluding hydrogens is 274 g/mol. The van der Waals surface area contributed by atoms with Crippen LogP contribution < -0.4 is 11.0 Å². The van der Waals surface area contributed by atoms with E-state index in [4.69, 9.17) is 0 Å². The Labute approximate surface area is 131 Å². The van der Waals surface area contributed by atoms with Crippen molar-refractivity contribution in [2.75, 3.05) is 13.1 Å². The van der Waals surface area contributed by atoms with Crippen LogP contribution in [0.1, 0.15) is 38.3 Å². The van der Waals surface area contributed by atoms with Gasteiger partial charge in [0.2, 0.25) is 0 Å². The molecule has 1 unspecified atom stereocenters. The summed E-state index contributed by atoms with van der Waals surface area (Å²) in [5.74, 6) is 0.740. The molecule has 0 saturated carbocycles. The second-order valence-electron chi connectivity index (χ2n) is 6.53. The number of aromatic nitrogens is 2. The van der Waals surface area contributed by atoms with Crippen LogP contribution in [0.4, 0.5) is 0 Å². The summed E-state index contributed by atoms with van der Waals surface area (Å²) < 4.78 is 3.47. The maximum atomic E-state index is 12.3. The van der Waals surface area contributed by atoms with Gasteiger partial charge in [0.1, 0.15) is 0 Å². The molecule has 1 aliphatic rings. The molecule has 1 fully saturated rings. The second-order valence-corrected chi connectivity index (χ2v) is 6.53. The summed E-state index contributed by atoms with van der Waals surface area (Å²) in [5, 5.41) is 3.46. The molecule has 1 aromatic heterocycles. The van der Waals surface area contributed by atoms with Crippen molar-refractivity contribution in [1.82, 2.24) is 14.5 Å². The van der Waals surface area contributed by atoms with Crippen LogP contribution in [0.15, 0.2) is 41.5 Å². The van der Waals surface area contributed by atoms with E-state index in [0.29, 0.717) is 0 Å². The molecule has 1 aromatic carbocycles. The predicted molar refractivity (Wildman–Crippen MR) is 89.7 cm³/mol. The summed E-state index contributed by atoms with van der Waals surface area (Å²) in [5.41, 5.74) is 2.32. The molecule has 2 aromatic rings. The molecule has 1 N–H and O–H groups in total. The van der Waals surface area contributed by atoms with Gasteiger partial charge in [-0.15, -0.1) is 0 Å². The van der Waals surface area contributed by atoms with Crippen molar-refractivity contribution in [3.8, 4) is 5.69 Å². The summed E-state index contributed by atoms with van der Waals surface area (Å²) in [6, 6.07) is 8.61. The fourth-order valence-electron chi connectivity index (χ4n) is 3.20. The first kappa shape index (κ1) is 15.1. The Balaban J connectivity index is 1.75. The van der Waals surface area contributed by atoms with Crippen molar-refractivity contribution in [2.45, 2.75) is 39.2 Å². The van der Waals surface area contributed by atoms with E-state index < -0.39 is 0 Å². The second kappa shape index (κ2) is 6.53. The van der Waals surface area contributed by atoms with Gasteiger partial charge < -0.3 is 5.32 Å². The average molecular weight is 299 g/mol. The molecule has 0 bridgehead atoms. The molecule has 22 heavy (non-hydrogen) atoms. The fraction of sp³-hybridized carbons (Fsp3) is 0.500. The van der Waals surface area contributed by atoms with Crippen LogP contribution in [0.25, 0.3) is 5.69 Å². The van der Waals surface area contributed by atoms with E-state index in [1.54, 1.807) is 9.13 Å². The van der Waals surface area contributed by atoms with E-state index in [9.17, 15) is 4.79 Å². The van der Waals surface area contributed by atoms with Gasteiger partial charge >= 0.3 is 5.69 Å². The number of benzene rings is 1. The van der Waals surface area contributed by atoms with E-state index in [-0.39, 0.29) is 11.7 Å². The van der Waals surface area contributed by atoms with Crippen molar-refractivity contribution >= 4 is 0 Å². The highest BCUT2D eigenvalue weighted by Crippen LogP contribution is 2.17. The third-order valence-corrected chi connectivity index (χ3v) is 4.50. The lowest BCUT2D eigenvalue weighted by atomic mass is 9.92. The number of hydrogen-bond acceptors (Lipinski definition) is 2. The van der Waals surface area contributed by atoms with Crippen LogP contribution in [0.3, 0.4) is 0 Å². The van der Waals surface area contributed by atoms with E-state index in [1.807, 2.05) is 26.2 Å². The van der Waals surface area contributed by atoms with Crippen molar-refractivity contribution < 1.29 is 0 Å². The molecule has 0 aliphatic carbocycles. The SMILES string of the molecule is CC(C)n1ccn(-c2ccc(CC3CCCNC3)cc2)c1=O. The topological polar surface area (TPSA) is 39.0 Å². The summed E-state index contributed by atoms with van der Waals surface area (Å²) in [4.78, 5) is 12.3. The lowest BCUT2D eigenvalue weighted by Crippen LogP contribution is -2.30. The Morgan fingerprint density at radius 3 is 2.59 bits per heavy atom. The number of piperidine rings is 1. The normalized spacial score (nSPS) is 18.8. The lowest BCUT2D eigenvalue weighted by molar-refractivity contribution is 0.376. The van der Waals surface area contributed by atoms with Crippen LogP contribution in [0.2, 0.25) is 0 Å². The maximum Gasteiger partial charge on any atom is 0.332 e. The van der Waals surface area contributed by atoms with Gasteiger partial charge in [-0.1, -0.05) is 12.1 Å². The van der Waals surface area contributed by atoms with Gasteiger partial charge in [-0.2, -0.15) is 0 Å². The Morgan fingerprint density at radius 2 is 2.00 bits per heavy atom. The summed E-state index contributed by atoms with van der Waals surface area (Å²) in [7, 11) is 0. The average Bonchev–Trinajstić information content (AvgIpc) is 2.91. The van der Waals surface area contributed by atoms with Crippen molar-refractivity contribution in [1.29, 1.82) is 0 Å². The maximum absolute atomic E-state index is 12.3. The van der Waals surface area contributed by atoms with Gasteiger partial charge in [-0.05, 0) is 69.8 Å². The summed E-state index contributed by atoms with van der Waals surface area (Å²) >= 11 is 0. The number of rotatable bonds is 4. The van der Waals surface area contributed by atoms with Crippen LogP contribution >= 0.6 is 0 Å². The van der Waals surface area contributed by atoms with Crippen molar-refractivity contribution in [2.24, 2.45) is 5.92 Å². The molecular formula is C18H25N3O. The van der Waals surface area contributed by atoms with Crippen molar-refractivity contribution in [3.05, 3.63) is 52.7 Å². The highest BCUT2D eigenvalue weighted by Gasteiger charge is 2.13. The van der Waals surface area contributed by atoms with Crippen LogP contribution in [0.5, 0.6) is 0 Å². The molecule has 2 heterocycles. The minimum atomic E-state index is 0.0271. The van der Waals surface area contributed by atoms with Crippen molar-refractivity contribution in [3.63, 3.8) is 0 Å². The number of hydrogen-bond donors (Lipinski definition) is 1. The minimum absolute atomic E-state index is 0.0271. The minimum Gasteiger partial charge on any atom is -0.316 e. The van der Waals surface area contributed by atoms with Crippen LogP contribution in [0, 0.1) is 5.92 Å². The fourth-order valence-corrected chi connectivity index (χ4v) is 3.20. The molecule has 0 amide bonds. The third-order valence-electron chi connectivity index (χ3n) is 4.50. The Hall–Kier alpha value is -1.81. The lowest BCUT2D eigenvalue weighted by Gasteiger charge is -2.22. The zero-order chi connectivity index (χ0) is 15.5. The molecule has 4 heteroatoms. The van der Waals surface area contributed by atoms with E-state index in [2.05, 4.69) is 29.6 Å². The summed E-state index contributed by atoms with van der Waals surface area (Å²) in [6.07, 6.45) is 7.42. The van der Waals surface area contributed by atoms with Crippen LogP contribution in [-0.4, -0.2) is 22.2 Å². The molecule has 0 spiro atoms. The first-order valence-corrected chi connectivity index (χ1v) is 8.24. The first-order valence-electron chi connectivity index (χ1n) is 8.24. The molecule has 4 nitrogen and oxygen atoms in total. The molecule has 118 valence electrons. The zero-order valence-electron chi connectivity index (χ0n) is 13.5. The van der Waals surface area contributed by atoms with E-state index >= 15 is 0 Å². The third kappa shape index (κ3) is 3.17. The molecule has 1 saturated heterocycles. The highest BCUT2D eigenvalue weighted by atomic mass is 16.1. The van der Waals surface area contributed by atoms with E-state index in [0.717, 1.165) is 31.1 Å². The molecule has 1 atom stereocenters. The predicted octanol–water partition coefficient (Wildman–Crippen LogP) is 2.76. The smallest absolute Gasteiger partial charge is 0.316 e. The van der Waals surface area contributed by atoms with Gasteiger partial charge in [0.25, 0.3) is 0 Å². The highest BCUT2D eigenvalue weighted by molar-refractivity contribution is 5.35. The molecule has 1 aliphatic heterocycles. The van der Waals surface area contributed by atoms with E-state index in [1.165, 1.54) is 18.4 Å². The Bertz CT molecular complexity index is 660. The van der Waals surface area contributed by atoms with Gasteiger partial charge in [0.15, 0.2) is 0 Å². The zero-order valence-corrected chi connectivity index (χ0v) is 13.5. The number of nitrogens with one attached hydrogen (secondary N) is 1. The monoisotopic (exact) mass is 299 g/mol. The Morgan fingerprint density at radius 1 is 1.23 bits per heavy atom.